The maximum absolute atomic E-state index is 12.3. The summed E-state index contributed by atoms with van der Waals surface area (Å²) in [4.78, 5) is 8.42. The van der Waals surface area contributed by atoms with Crippen molar-refractivity contribution in [1.82, 2.24) is 4.98 Å². The van der Waals surface area contributed by atoms with Crippen LogP contribution in [-0.4, -0.2) is 26.4 Å². The topological polar surface area (TPSA) is 89.9 Å². The molecule has 0 bridgehead atoms. The summed E-state index contributed by atoms with van der Waals surface area (Å²) >= 11 is 1.22. The van der Waals surface area contributed by atoms with E-state index in [1.807, 2.05) is 18.2 Å². The van der Waals surface area contributed by atoms with Gasteiger partial charge in [-0.1, -0.05) is 0 Å². The van der Waals surface area contributed by atoms with Crippen molar-refractivity contribution in [3.63, 3.8) is 0 Å². The van der Waals surface area contributed by atoms with Crippen molar-refractivity contribution in [1.29, 1.82) is 0 Å². The smallest absolute Gasteiger partial charge is 0.263 e. The number of benzene rings is 2. The molecule has 0 saturated carbocycles. The monoisotopic (exact) mass is 387 g/mol. The molecule has 0 aliphatic carbocycles. The van der Waals surface area contributed by atoms with E-state index < -0.39 is 10.0 Å². The Bertz CT molecular complexity index is 1050. The second kappa shape index (κ2) is 6.77. The second-order valence-electron chi connectivity index (χ2n) is 5.31. The number of fused-ring (bicyclic) bond motifs is 1. The molecule has 0 unspecified atom stereocenters. The quantitative estimate of drug-likeness (QED) is 0.678. The van der Waals surface area contributed by atoms with Crippen LogP contribution in [0.25, 0.3) is 0 Å². The van der Waals surface area contributed by atoms with Crippen molar-refractivity contribution in [2.24, 2.45) is 4.99 Å². The van der Waals surface area contributed by atoms with Crippen LogP contribution in [0.1, 0.15) is 5.56 Å². The number of rotatable bonds is 5. The predicted octanol–water partition coefficient (Wildman–Crippen LogP) is 3.42. The normalized spacial score (nSPS) is 13.2. The van der Waals surface area contributed by atoms with E-state index in [0.29, 0.717) is 22.3 Å². The Morgan fingerprint density at radius 3 is 2.69 bits per heavy atom. The lowest BCUT2D eigenvalue weighted by molar-refractivity contribution is 0.174. The van der Waals surface area contributed by atoms with Gasteiger partial charge in [0, 0.05) is 17.8 Å². The third-order valence-corrected chi connectivity index (χ3v) is 5.73. The lowest BCUT2D eigenvalue weighted by Crippen LogP contribution is -2.12. The van der Waals surface area contributed by atoms with Crippen LogP contribution in [0.5, 0.6) is 11.5 Å². The van der Waals surface area contributed by atoms with Crippen LogP contribution >= 0.6 is 11.3 Å². The third kappa shape index (κ3) is 3.53. The van der Waals surface area contributed by atoms with Gasteiger partial charge in [0.2, 0.25) is 6.79 Å². The van der Waals surface area contributed by atoms with Crippen LogP contribution < -0.4 is 14.2 Å². The van der Waals surface area contributed by atoms with Gasteiger partial charge in [0.1, 0.15) is 0 Å². The molecule has 26 heavy (non-hydrogen) atoms. The van der Waals surface area contributed by atoms with Gasteiger partial charge in [-0.05, 0) is 48.0 Å². The second-order valence-corrected chi connectivity index (χ2v) is 7.88. The van der Waals surface area contributed by atoms with E-state index in [1.54, 1.807) is 23.7 Å². The van der Waals surface area contributed by atoms with Gasteiger partial charge in [-0.15, -0.1) is 11.3 Å². The summed E-state index contributed by atoms with van der Waals surface area (Å²) in [6, 6.07) is 11.8. The molecule has 1 aromatic heterocycles. The average Bonchev–Trinajstić information content (AvgIpc) is 3.31. The fourth-order valence-corrected chi connectivity index (χ4v) is 4.09. The molecule has 4 rings (SSSR count). The van der Waals surface area contributed by atoms with E-state index in [4.69, 9.17) is 9.47 Å². The number of sulfonamides is 1. The maximum atomic E-state index is 12.3. The first-order valence-electron chi connectivity index (χ1n) is 7.56. The lowest BCUT2D eigenvalue weighted by atomic mass is 10.2. The first-order valence-corrected chi connectivity index (χ1v) is 9.92. The molecule has 0 spiro atoms. The zero-order chi connectivity index (χ0) is 18.0. The van der Waals surface area contributed by atoms with E-state index >= 15 is 0 Å². The first-order chi connectivity index (χ1) is 12.6. The molecule has 7 nitrogen and oxygen atoms in total. The van der Waals surface area contributed by atoms with Crippen LogP contribution in [0, 0.1) is 0 Å². The molecule has 1 aliphatic rings. The molecule has 0 saturated heterocycles. The van der Waals surface area contributed by atoms with Gasteiger partial charge in [0.25, 0.3) is 10.0 Å². The molecule has 2 aromatic carbocycles. The number of nitrogens with zero attached hydrogens (tertiary/aromatic N) is 2. The average molecular weight is 387 g/mol. The van der Waals surface area contributed by atoms with Gasteiger partial charge >= 0.3 is 0 Å². The fourth-order valence-electron chi connectivity index (χ4n) is 2.30. The molecular weight excluding hydrogens is 374 g/mol. The van der Waals surface area contributed by atoms with Crippen molar-refractivity contribution < 1.29 is 17.9 Å². The van der Waals surface area contributed by atoms with Crippen molar-refractivity contribution >= 4 is 38.4 Å². The summed E-state index contributed by atoms with van der Waals surface area (Å²) < 4.78 is 37.6. The van der Waals surface area contributed by atoms with Crippen molar-refractivity contribution in [3.8, 4) is 11.5 Å². The van der Waals surface area contributed by atoms with Crippen LogP contribution in [0.15, 0.2) is 63.9 Å². The number of aromatic nitrogens is 1. The van der Waals surface area contributed by atoms with Gasteiger partial charge in [0.15, 0.2) is 16.6 Å². The summed E-state index contributed by atoms with van der Waals surface area (Å²) in [5.74, 6) is 1.40. The Balaban J connectivity index is 1.49. The third-order valence-electron chi connectivity index (χ3n) is 3.56. The predicted molar refractivity (Wildman–Crippen MR) is 99.2 cm³/mol. The first kappa shape index (κ1) is 16.6. The molecule has 2 heterocycles. The highest BCUT2D eigenvalue weighted by atomic mass is 32.2. The van der Waals surface area contributed by atoms with Gasteiger partial charge in [0.05, 0.1) is 10.6 Å². The van der Waals surface area contributed by atoms with Crippen LogP contribution in [0.4, 0.5) is 10.8 Å². The maximum Gasteiger partial charge on any atom is 0.263 e. The summed E-state index contributed by atoms with van der Waals surface area (Å²) in [7, 11) is -3.66. The number of aliphatic imine (C=N–C) groups is 1. The molecule has 132 valence electrons. The van der Waals surface area contributed by atoms with E-state index in [-0.39, 0.29) is 11.7 Å². The molecule has 0 radical (unpaired) electrons. The molecule has 0 atom stereocenters. The summed E-state index contributed by atoms with van der Waals surface area (Å²) in [6.45, 7) is 0.223. The number of ether oxygens (including phenoxy) is 2. The minimum absolute atomic E-state index is 0.148. The number of nitrogens with one attached hydrogen (secondary N) is 1. The Morgan fingerprint density at radius 1 is 1.12 bits per heavy atom. The standard InChI is InChI=1S/C17H13N3O4S2/c21-26(22,20-17-18-7-8-25-17)14-4-2-13(3-5-14)19-10-12-1-6-15-16(9-12)24-11-23-15/h1-10H,11H2,(H,18,20). The van der Waals surface area contributed by atoms with Crippen LogP contribution in [-0.2, 0) is 10.0 Å². The lowest BCUT2D eigenvalue weighted by Gasteiger charge is -2.05. The number of anilines is 1. The van der Waals surface area contributed by atoms with Crippen LogP contribution in [0.2, 0.25) is 0 Å². The van der Waals surface area contributed by atoms with E-state index in [1.165, 1.54) is 29.7 Å². The molecule has 3 aromatic rings. The molecule has 1 aliphatic heterocycles. The number of hydrogen-bond acceptors (Lipinski definition) is 7. The Labute approximate surface area is 154 Å². The van der Waals surface area contributed by atoms with Crippen LogP contribution in [0.3, 0.4) is 0 Å². The van der Waals surface area contributed by atoms with Crippen molar-refractivity contribution in [3.05, 3.63) is 59.6 Å². The van der Waals surface area contributed by atoms with Gasteiger partial charge in [-0.3, -0.25) is 9.71 Å². The zero-order valence-electron chi connectivity index (χ0n) is 13.3. The zero-order valence-corrected chi connectivity index (χ0v) is 15.0. The molecule has 9 heteroatoms. The Hall–Kier alpha value is -2.91. The fraction of sp³-hybridized carbons (Fsp3) is 0.0588. The highest BCUT2D eigenvalue weighted by Gasteiger charge is 2.15. The largest absolute Gasteiger partial charge is 0.454 e. The SMILES string of the molecule is O=S(=O)(Nc1nccs1)c1ccc(N=Cc2ccc3c(c2)OCO3)cc1. The van der Waals surface area contributed by atoms with Gasteiger partial charge in [-0.25, -0.2) is 13.4 Å². The Morgan fingerprint density at radius 2 is 1.92 bits per heavy atom. The Kier molecular flexibility index (Phi) is 4.31. The van der Waals surface area contributed by atoms with E-state index in [9.17, 15) is 8.42 Å². The highest BCUT2D eigenvalue weighted by Crippen LogP contribution is 2.32. The van der Waals surface area contributed by atoms with E-state index in [2.05, 4.69) is 14.7 Å². The number of thiazole rings is 1. The van der Waals surface area contributed by atoms with Crippen molar-refractivity contribution in [2.75, 3.05) is 11.5 Å². The minimum Gasteiger partial charge on any atom is -0.454 e. The molecular formula is C17H13N3O4S2. The van der Waals surface area contributed by atoms with Gasteiger partial charge in [-0.2, -0.15) is 0 Å². The van der Waals surface area contributed by atoms with Gasteiger partial charge < -0.3 is 9.47 Å². The number of hydrogen-bond donors (Lipinski definition) is 1. The highest BCUT2D eigenvalue weighted by molar-refractivity contribution is 7.93. The minimum atomic E-state index is -3.66. The summed E-state index contributed by atoms with van der Waals surface area (Å²) in [5.41, 5.74) is 1.49. The molecule has 0 fully saturated rings. The summed E-state index contributed by atoms with van der Waals surface area (Å²) in [6.07, 6.45) is 3.22. The summed E-state index contributed by atoms with van der Waals surface area (Å²) in [5, 5.41) is 2.03. The van der Waals surface area contributed by atoms with Crippen molar-refractivity contribution in [2.45, 2.75) is 4.90 Å². The molecule has 1 N–H and O–H groups in total. The van der Waals surface area contributed by atoms with E-state index in [0.717, 1.165) is 5.56 Å². The molecule has 0 amide bonds.